The highest BCUT2D eigenvalue weighted by Crippen LogP contribution is 2.64. The predicted octanol–water partition coefficient (Wildman–Crippen LogP) is 3.44. The molecule has 1 saturated heterocycles. The molecule has 2 aromatic rings. The Bertz CT molecular complexity index is 2100. The maximum Gasteiger partial charge on any atom is 0.508 e. The summed E-state index contributed by atoms with van der Waals surface area (Å²) in [6.45, 7) is 6.72. The fourth-order valence-corrected chi connectivity index (χ4v) is 10.2. The van der Waals surface area contributed by atoms with Crippen molar-refractivity contribution in [3.63, 3.8) is 0 Å². The molecule has 16 heteroatoms. The molecule has 3 saturated carbocycles. The molecular formula is C45H53NO15. The lowest BCUT2D eigenvalue weighted by Gasteiger charge is -2.67. The van der Waals surface area contributed by atoms with Crippen LogP contribution in [0.15, 0.2) is 71.8 Å². The van der Waals surface area contributed by atoms with E-state index in [-0.39, 0.29) is 41.6 Å². The maximum absolute atomic E-state index is 15.5. The molecule has 4 N–H and O–H groups in total. The summed E-state index contributed by atoms with van der Waals surface area (Å²) in [5, 5.41) is 40.3. The van der Waals surface area contributed by atoms with Crippen LogP contribution in [0.2, 0.25) is 0 Å². The van der Waals surface area contributed by atoms with Crippen molar-refractivity contribution in [2.45, 2.75) is 121 Å². The third kappa shape index (κ3) is 7.20. The van der Waals surface area contributed by atoms with E-state index in [1.54, 1.807) is 62.4 Å². The molecule has 2 aromatic carbocycles. The van der Waals surface area contributed by atoms with Crippen LogP contribution in [0.5, 0.6) is 0 Å². The Hall–Kier alpha value is -5.16. The topological polar surface area (TPSA) is 231 Å². The fraction of sp³-hybridized carbons (Fsp3) is 0.556. The number of nitrogens with one attached hydrogen (secondary N) is 1. The number of ether oxygens (including phenoxy) is 6. The number of amides is 1. The van der Waals surface area contributed by atoms with E-state index in [0.717, 1.165) is 20.5 Å². The quantitative estimate of drug-likeness (QED) is 0.153. The van der Waals surface area contributed by atoms with Crippen molar-refractivity contribution < 1.29 is 72.5 Å². The molecule has 328 valence electrons. The van der Waals surface area contributed by atoms with E-state index in [9.17, 15) is 39.3 Å². The molecule has 2 bridgehead atoms. The molecule has 4 fully saturated rings. The van der Waals surface area contributed by atoms with Crippen molar-refractivity contribution in [2.24, 2.45) is 22.7 Å². The Kier molecular flexibility index (Phi) is 11.7. The van der Waals surface area contributed by atoms with Crippen LogP contribution in [0.25, 0.3) is 0 Å². The minimum Gasteiger partial charge on any atom is -0.456 e. The number of aliphatic hydroxyl groups is 3. The maximum atomic E-state index is 15.5. The Morgan fingerprint density at radius 3 is 2.13 bits per heavy atom. The number of esters is 3. The Labute approximate surface area is 352 Å². The van der Waals surface area contributed by atoms with Gasteiger partial charge in [-0.05, 0) is 55.5 Å². The first-order valence-corrected chi connectivity index (χ1v) is 20.5. The van der Waals surface area contributed by atoms with Crippen molar-refractivity contribution in [1.29, 1.82) is 0 Å². The number of benzene rings is 2. The van der Waals surface area contributed by atoms with Gasteiger partial charge in [-0.3, -0.25) is 14.4 Å². The summed E-state index contributed by atoms with van der Waals surface area (Å²) in [5.41, 5.74) is -7.41. The Balaban J connectivity index is 1.39. The van der Waals surface area contributed by atoms with Gasteiger partial charge in [0.05, 0.1) is 42.8 Å². The van der Waals surface area contributed by atoms with Gasteiger partial charge in [0.1, 0.15) is 23.9 Å². The smallest absolute Gasteiger partial charge is 0.456 e. The molecule has 5 aliphatic rings. The van der Waals surface area contributed by atoms with Gasteiger partial charge in [-0.15, -0.1) is 0 Å². The van der Waals surface area contributed by atoms with Crippen LogP contribution in [0.1, 0.15) is 88.7 Å². The number of hydrogen-bond donors (Lipinski definition) is 4. The van der Waals surface area contributed by atoms with E-state index < -0.39 is 107 Å². The van der Waals surface area contributed by atoms with Crippen LogP contribution in [0.4, 0.5) is 4.79 Å². The number of carbonyl (C=O) groups excluding carboxylic acids is 6. The number of aliphatic hydroxyl groups excluding tert-OH is 2. The number of methoxy groups -OCH3 is 1. The van der Waals surface area contributed by atoms with Gasteiger partial charge in [-0.2, -0.15) is 0 Å². The summed E-state index contributed by atoms with van der Waals surface area (Å²) < 4.78 is 35.1. The zero-order valence-corrected chi connectivity index (χ0v) is 35.0. The second kappa shape index (κ2) is 16.3. The Morgan fingerprint density at radius 2 is 1.57 bits per heavy atom. The highest BCUT2D eigenvalue weighted by molar-refractivity contribution is 5.95. The van der Waals surface area contributed by atoms with E-state index in [4.69, 9.17) is 28.4 Å². The third-order valence-electron chi connectivity index (χ3n) is 14.0. The van der Waals surface area contributed by atoms with Crippen molar-refractivity contribution in [2.75, 3.05) is 13.7 Å². The largest absolute Gasteiger partial charge is 0.508 e. The number of Topliss-reactive ketones (excluding diaryl/α,β-unsaturated/α-hetero) is 1. The summed E-state index contributed by atoms with van der Waals surface area (Å²) >= 11 is 0. The minimum atomic E-state index is -2.41. The fourth-order valence-electron chi connectivity index (χ4n) is 10.2. The molecule has 11 atom stereocenters. The number of ketones is 1. The van der Waals surface area contributed by atoms with Crippen LogP contribution >= 0.6 is 0 Å². The zero-order valence-electron chi connectivity index (χ0n) is 35.0. The summed E-state index contributed by atoms with van der Waals surface area (Å²) in [4.78, 5) is 83.3. The number of carbonyl (C=O) groups is 6. The van der Waals surface area contributed by atoms with Gasteiger partial charge in [0.25, 0.3) is 0 Å². The van der Waals surface area contributed by atoms with Crippen LogP contribution in [0.3, 0.4) is 0 Å². The van der Waals surface area contributed by atoms with Crippen molar-refractivity contribution in [1.82, 2.24) is 5.32 Å². The molecule has 1 amide bonds. The highest BCUT2D eigenvalue weighted by Gasteiger charge is 2.78. The van der Waals surface area contributed by atoms with Crippen LogP contribution in [-0.4, -0.2) is 113 Å². The normalized spacial score (nSPS) is 33.6. The minimum absolute atomic E-state index is 0.00538. The molecular weight excluding hydrogens is 794 g/mol. The molecule has 7 rings (SSSR count). The van der Waals surface area contributed by atoms with Crippen molar-refractivity contribution >= 4 is 35.8 Å². The molecule has 0 spiro atoms. The van der Waals surface area contributed by atoms with Crippen LogP contribution < -0.4 is 5.32 Å². The second-order valence-corrected chi connectivity index (χ2v) is 17.6. The molecule has 1 heterocycles. The molecule has 16 nitrogen and oxygen atoms in total. The lowest BCUT2D eigenvalue weighted by atomic mass is 9.44. The first-order valence-electron chi connectivity index (χ1n) is 20.5. The first-order chi connectivity index (χ1) is 28.8. The SMILES string of the molecule is COC(=O)O[C@@]12COC1C[C@H](O)[C@@]1(C)C(=O)[C@H](OC(C)=O)C3=C(C)[C@@H](OC(=O)[C@H](O)[C@@H](NC(=O)C4CCC4)c4ccccc4)C[C@@](O)([C@@H](OC(=O)c4ccccc4)C21)C3(C)C. The van der Waals surface area contributed by atoms with Gasteiger partial charge in [0.2, 0.25) is 5.91 Å². The molecule has 2 unspecified atom stereocenters. The van der Waals surface area contributed by atoms with E-state index in [1.165, 1.54) is 26.0 Å². The summed E-state index contributed by atoms with van der Waals surface area (Å²) in [6.07, 6.45) is -9.63. The second-order valence-electron chi connectivity index (χ2n) is 17.6. The van der Waals surface area contributed by atoms with Crippen LogP contribution in [0, 0.1) is 22.7 Å². The number of rotatable bonds is 10. The Morgan fingerprint density at radius 1 is 0.934 bits per heavy atom. The molecule has 61 heavy (non-hydrogen) atoms. The lowest BCUT2D eigenvalue weighted by molar-refractivity contribution is -0.344. The van der Waals surface area contributed by atoms with Gasteiger partial charge in [0.15, 0.2) is 23.6 Å². The predicted molar refractivity (Wildman–Crippen MR) is 211 cm³/mol. The van der Waals surface area contributed by atoms with Crippen LogP contribution in [-0.2, 0) is 47.6 Å². The third-order valence-corrected chi connectivity index (χ3v) is 14.0. The van der Waals surface area contributed by atoms with Gasteiger partial charge >= 0.3 is 24.1 Å². The van der Waals surface area contributed by atoms with Crippen molar-refractivity contribution in [3.8, 4) is 0 Å². The molecule has 4 aliphatic carbocycles. The van der Waals surface area contributed by atoms with E-state index >= 15 is 4.79 Å². The van der Waals surface area contributed by atoms with Gasteiger partial charge in [0, 0.05) is 31.1 Å². The monoisotopic (exact) mass is 847 g/mol. The zero-order chi connectivity index (χ0) is 44.2. The summed E-state index contributed by atoms with van der Waals surface area (Å²) in [5.74, 6) is -6.17. The average molecular weight is 848 g/mol. The van der Waals surface area contributed by atoms with E-state index in [0.29, 0.717) is 18.4 Å². The summed E-state index contributed by atoms with van der Waals surface area (Å²) in [6, 6.07) is 15.0. The molecule has 0 aromatic heterocycles. The molecule has 1 aliphatic heterocycles. The van der Waals surface area contributed by atoms with E-state index in [1.807, 2.05) is 0 Å². The molecule has 0 radical (unpaired) electrons. The van der Waals surface area contributed by atoms with Gasteiger partial charge in [-0.1, -0.05) is 68.8 Å². The van der Waals surface area contributed by atoms with Gasteiger partial charge < -0.3 is 49.1 Å². The summed E-state index contributed by atoms with van der Waals surface area (Å²) in [7, 11) is 1.07. The lowest BCUT2D eigenvalue weighted by Crippen LogP contribution is -2.82. The van der Waals surface area contributed by atoms with E-state index in [2.05, 4.69) is 5.32 Å². The average Bonchev–Trinajstić information content (AvgIpc) is 3.20. The van der Waals surface area contributed by atoms with Gasteiger partial charge in [-0.25, -0.2) is 14.4 Å². The number of fused-ring (bicyclic) bond motifs is 5. The highest BCUT2D eigenvalue weighted by atomic mass is 16.8. The number of hydrogen-bond acceptors (Lipinski definition) is 15. The van der Waals surface area contributed by atoms with Crippen molar-refractivity contribution in [3.05, 3.63) is 82.9 Å². The standard InChI is InChI=1S/C45H53NO15/c1-23-28(59-40(53)33(49)32(25-14-9-7-10-15-25)46-38(51)26-18-13-19-26)21-45(55)37(60-39(52)27-16-11-8-12-17-27)35-43(5,36(50)34(58-24(2)47)31(23)42(45,3)4)29(48)20-30-44(35,22-57-30)61-41(54)56-6/h7-12,14-17,26,28-30,32-35,37,48-49,55H,13,18-22H2,1-6H3,(H,46,51)/t28-,29-,30?,32-,33+,34+,35?,37-,43+,44-,45+/m0/s1. The first kappa shape index (κ1) is 43.9.